The number of carbonyl (C=O) groups is 1. The van der Waals surface area contributed by atoms with Gasteiger partial charge in [0.25, 0.3) is 0 Å². The summed E-state index contributed by atoms with van der Waals surface area (Å²) in [6.45, 7) is 4.06. The molecule has 1 saturated carbocycles. The van der Waals surface area contributed by atoms with Crippen molar-refractivity contribution in [1.82, 2.24) is 9.62 Å². The second kappa shape index (κ2) is 13.3. The molecule has 4 rings (SSSR count). The molecule has 10 nitrogen and oxygen atoms in total. The van der Waals surface area contributed by atoms with Crippen molar-refractivity contribution >= 4 is 16.1 Å². The van der Waals surface area contributed by atoms with E-state index in [9.17, 15) is 23.4 Å². The number of hydrogen-bond donors (Lipinski definition) is 3. The van der Waals surface area contributed by atoms with Crippen LogP contribution in [-0.2, 0) is 25.9 Å². The van der Waals surface area contributed by atoms with Crippen LogP contribution in [0.3, 0.4) is 0 Å². The summed E-state index contributed by atoms with van der Waals surface area (Å²) in [5, 5.41) is 24.2. The standard InChI is InChI=1S/C29H40N2O8S/c1-19(2)16-31(40(35,36)23-11-9-21(37-3)10-12-23)17-26(32)25(13-20-7-5-4-6-8-20)30-29(34)39-22-14-24-27(33)18-38-28(24)15-22/h4-12,19,22,24-28,32-33H,13-18H2,1-3H3,(H,30,34)/t22-,24-,25+,26?,27-,28-/m1/s1. The van der Waals surface area contributed by atoms with Crippen LogP contribution in [0.1, 0.15) is 32.3 Å². The van der Waals surface area contributed by atoms with Gasteiger partial charge in [-0.05, 0) is 48.6 Å². The van der Waals surface area contributed by atoms with E-state index in [0.717, 1.165) is 5.56 Å². The molecular weight excluding hydrogens is 536 g/mol. The average molecular weight is 577 g/mol. The molecule has 2 aromatic carbocycles. The molecule has 2 fully saturated rings. The van der Waals surface area contributed by atoms with Crippen molar-refractivity contribution in [3.05, 3.63) is 60.2 Å². The highest BCUT2D eigenvalue weighted by Gasteiger charge is 2.45. The van der Waals surface area contributed by atoms with Crippen molar-refractivity contribution in [2.45, 2.75) is 68.5 Å². The number of methoxy groups -OCH3 is 1. The zero-order valence-corrected chi connectivity index (χ0v) is 24.0. The third-order valence-electron chi connectivity index (χ3n) is 7.48. The number of aliphatic hydroxyl groups excluding tert-OH is 2. The molecule has 0 bridgehead atoms. The first-order valence-corrected chi connectivity index (χ1v) is 15.1. The Balaban J connectivity index is 1.49. The van der Waals surface area contributed by atoms with Crippen LogP contribution in [0.5, 0.6) is 5.75 Å². The van der Waals surface area contributed by atoms with Gasteiger partial charge in [0.2, 0.25) is 10.0 Å². The molecule has 6 atom stereocenters. The minimum atomic E-state index is -3.95. The first kappa shape index (κ1) is 30.3. The summed E-state index contributed by atoms with van der Waals surface area (Å²) in [6, 6.07) is 14.6. The van der Waals surface area contributed by atoms with Crippen molar-refractivity contribution in [1.29, 1.82) is 0 Å². The molecule has 11 heteroatoms. The normalized spacial score (nSPS) is 24.1. The van der Waals surface area contributed by atoms with Crippen LogP contribution in [0.15, 0.2) is 59.5 Å². The fraction of sp³-hybridized carbons (Fsp3) is 0.552. The second-order valence-corrected chi connectivity index (χ2v) is 12.9. The molecule has 1 aliphatic heterocycles. The molecule has 220 valence electrons. The number of aliphatic hydroxyl groups is 2. The Labute approximate surface area is 236 Å². The van der Waals surface area contributed by atoms with E-state index in [-0.39, 0.29) is 42.3 Å². The maximum atomic E-state index is 13.6. The summed E-state index contributed by atoms with van der Waals surface area (Å²) in [6.07, 6.45) is -1.75. The topological polar surface area (TPSA) is 135 Å². The fourth-order valence-corrected chi connectivity index (χ4v) is 7.04. The molecule has 1 amide bonds. The van der Waals surface area contributed by atoms with E-state index < -0.39 is 40.5 Å². The van der Waals surface area contributed by atoms with Crippen LogP contribution in [0, 0.1) is 11.8 Å². The lowest BCUT2D eigenvalue weighted by Crippen LogP contribution is -2.51. The Hall–Kier alpha value is -2.70. The molecule has 2 aliphatic rings. The van der Waals surface area contributed by atoms with E-state index in [1.807, 2.05) is 44.2 Å². The lowest BCUT2D eigenvalue weighted by atomic mass is 10.0. The van der Waals surface area contributed by atoms with Gasteiger partial charge in [-0.3, -0.25) is 0 Å². The van der Waals surface area contributed by atoms with Crippen molar-refractivity contribution in [3.63, 3.8) is 0 Å². The first-order chi connectivity index (χ1) is 19.1. The lowest BCUT2D eigenvalue weighted by Gasteiger charge is -2.31. The molecular formula is C29H40N2O8S. The Morgan fingerprint density at radius 3 is 2.42 bits per heavy atom. The number of carbonyl (C=O) groups excluding carboxylic acids is 1. The van der Waals surface area contributed by atoms with Crippen molar-refractivity contribution in [2.24, 2.45) is 11.8 Å². The highest BCUT2D eigenvalue weighted by molar-refractivity contribution is 7.89. The molecule has 0 spiro atoms. The van der Waals surface area contributed by atoms with Gasteiger partial charge >= 0.3 is 6.09 Å². The zero-order chi connectivity index (χ0) is 28.9. The molecule has 3 N–H and O–H groups in total. The maximum absolute atomic E-state index is 13.6. The van der Waals surface area contributed by atoms with Crippen LogP contribution in [-0.4, -0.2) is 86.3 Å². The molecule has 1 unspecified atom stereocenters. The number of amides is 1. The molecule has 0 aromatic heterocycles. The third-order valence-corrected chi connectivity index (χ3v) is 9.33. The Morgan fingerprint density at radius 2 is 1.80 bits per heavy atom. The van der Waals surface area contributed by atoms with E-state index in [1.54, 1.807) is 12.1 Å². The summed E-state index contributed by atoms with van der Waals surface area (Å²) >= 11 is 0. The summed E-state index contributed by atoms with van der Waals surface area (Å²) in [5.41, 5.74) is 0.868. The Bertz CT molecular complexity index is 1210. The number of rotatable bonds is 12. The smallest absolute Gasteiger partial charge is 0.407 e. The summed E-state index contributed by atoms with van der Waals surface area (Å²) in [5.74, 6) is 0.466. The van der Waals surface area contributed by atoms with Gasteiger partial charge in [-0.25, -0.2) is 13.2 Å². The number of fused-ring (bicyclic) bond motifs is 1. The number of hydrogen-bond acceptors (Lipinski definition) is 8. The monoisotopic (exact) mass is 576 g/mol. The lowest BCUT2D eigenvalue weighted by molar-refractivity contribution is 0.0426. The van der Waals surface area contributed by atoms with Gasteiger partial charge in [-0.1, -0.05) is 44.2 Å². The molecule has 40 heavy (non-hydrogen) atoms. The predicted octanol–water partition coefficient (Wildman–Crippen LogP) is 2.58. The molecule has 1 heterocycles. The van der Waals surface area contributed by atoms with Crippen LogP contribution in [0.2, 0.25) is 0 Å². The Morgan fingerprint density at radius 1 is 1.10 bits per heavy atom. The predicted molar refractivity (Wildman–Crippen MR) is 148 cm³/mol. The van der Waals surface area contributed by atoms with Crippen LogP contribution in [0.25, 0.3) is 0 Å². The van der Waals surface area contributed by atoms with Gasteiger partial charge in [-0.15, -0.1) is 0 Å². The highest BCUT2D eigenvalue weighted by atomic mass is 32.2. The van der Waals surface area contributed by atoms with Crippen LogP contribution >= 0.6 is 0 Å². The quantitative estimate of drug-likeness (QED) is 0.351. The van der Waals surface area contributed by atoms with E-state index in [1.165, 1.54) is 23.5 Å². The summed E-state index contributed by atoms with van der Waals surface area (Å²) in [4.78, 5) is 13.0. The largest absolute Gasteiger partial charge is 0.497 e. The molecule has 1 aliphatic carbocycles. The summed E-state index contributed by atoms with van der Waals surface area (Å²) in [7, 11) is -2.44. The fourth-order valence-electron chi connectivity index (χ4n) is 5.42. The number of alkyl carbamates (subject to hydrolysis) is 1. The van der Waals surface area contributed by atoms with Gasteiger partial charge in [0.1, 0.15) is 11.9 Å². The highest BCUT2D eigenvalue weighted by Crippen LogP contribution is 2.37. The van der Waals surface area contributed by atoms with E-state index >= 15 is 0 Å². The number of nitrogens with one attached hydrogen (secondary N) is 1. The zero-order valence-electron chi connectivity index (χ0n) is 23.2. The van der Waals surface area contributed by atoms with E-state index in [4.69, 9.17) is 14.2 Å². The van der Waals surface area contributed by atoms with Crippen LogP contribution < -0.4 is 10.1 Å². The van der Waals surface area contributed by atoms with Crippen LogP contribution in [0.4, 0.5) is 4.79 Å². The van der Waals surface area contributed by atoms with Gasteiger partial charge < -0.3 is 29.7 Å². The van der Waals surface area contributed by atoms with Gasteiger partial charge in [0, 0.05) is 25.4 Å². The number of ether oxygens (including phenoxy) is 3. The van der Waals surface area contributed by atoms with Gasteiger partial charge in [0.15, 0.2) is 0 Å². The maximum Gasteiger partial charge on any atom is 0.407 e. The number of benzene rings is 2. The Kier molecular flexibility index (Phi) is 10.1. The molecule has 0 radical (unpaired) electrons. The summed E-state index contributed by atoms with van der Waals surface area (Å²) < 4.78 is 44.8. The SMILES string of the molecule is COc1ccc(S(=O)(=O)N(CC(C)C)CC(O)[C@H](Cc2ccccc2)NC(=O)O[C@@H]2C[C@@H]3[C@H](O)CO[C@@H]3C2)cc1. The van der Waals surface area contributed by atoms with E-state index in [0.29, 0.717) is 25.2 Å². The average Bonchev–Trinajstić information content (AvgIpc) is 3.48. The minimum absolute atomic E-state index is 0.00916. The first-order valence-electron chi connectivity index (χ1n) is 13.7. The van der Waals surface area contributed by atoms with Crippen molar-refractivity contribution in [2.75, 3.05) is 26.8 Å². The number of nitrogens with zero attached hydrogens (tertiary/aromatic N) is 1. The molecule has 2 aromatic rings. The van der Waals surface area contributed by atoms with Crippen molar-refractivity contribution in [3.8, 4) is 5.75 Å². The minimum Gasteiger partial charge on any atom is -0.497 e. The van der Waals surface area contributed by atoms with Crippen molar-refractivity contribution < 1.29 is 37.6 Å². The van der Waals surface area contributed by atoms with Gasteiger partial charge in [0.05, 0.1) is 43.0 Å². The molecule has 1 saturated heterocycles. The number of sulfonamides is 1. The third kappa shape index (κ3) is 7.52. The van der Waals surface area contributed by atoms with Gasteiger partial charge in [-0.2, -0.15) is 4.31 Å². The van der Waals surface area contributed by atoms with E-state index in [2.05, 4.69) is 5.32 Å². The second-order valence-electron chi connectivity index (χ2n) is 11.0.